The van der Waals surface area contributed by atoms with Crippen molar-refractivity contribution in [3.05, 3.63) is 52.5 Å². The van der Waals surface area contributed by atoms with Gasteiger partial charge in [-0.2, -0.15) is 0 Å². The van der Waals surface area contributed by atoms with Gasteiger partial charge >= 0.3 is 0 Å². The predicted octanol–water partition coefficient (Wildman–Crippen LogP) is 4.78. The van der Waals surface area contributed by atoms with Gasteiger partial charge in [-0.15, -0.1) is 0 Å². The van der Waals surface area contributed by atoms with Crippen LogP contribution in [0.25, 0.3) is 5.57 Å². The van der Waals surface area contributed by atoms with Crippen molar-refractivity contribution in [3.63, 3.8) is 0 Å². The van der Waals surface area contributed by atoms with Crippen LogP contribution in [0.2, 0.25) is 0 Å². The van der Waals surface area contributed by atoms with Crippen LogP contribution in [0.1, 0.15) is 25.3 Å². The SMILES string of the molecule is CCC1CC(c2ccccc2)=CC=C1Br. The third-order valence-corrected chi connectivity index (χ3v) is 3.85. The molecule has 1 unspecified atom stereocenters. The van der Waals surface area contributed by atoms with Crippen molar-refractivity contribution >= 4 is 21.5 Å². The minimum absolute atomic E-state index is 0.658. The summed E-state index contributed by atoms with van der Waals surface area (Å²) in [5.41, 5.74) is 2.80. The van der Waals surface area contributed by atoms with E-state index in [0.29, 0.717) is 5.92 Å². The topological polar surface area (TPSA) is 0 Å². The van der Waals surface area contributed by atoms with Crippen LogP contribution in [0.3, 0.4) is 0 Å². The van der Waals surface area contributed by atoms with E-state index in [1.54, 1.807) is 0 Å². The van der Waals surface area contributed by atoms with Crippen LogP contribution in [0.5, 0.6) is 0 Å². The quantitative estimate of drug-likeness (QED) is 0.720. The van der Waals surface area contributed by atoms with E-state index in [1.807, 2.05) is 0 Å². The molecule has 0 saturated carbocycles. The zero-order valence-electron chi connectivity index (χ0n) is 8.91. The van der Waals surface area contributed by atoms with Crippen LogP contribution >= 0.6 is 15.9 Å². The Morgan fingerprint density at radius 3 is 2.60 bits per heavy atom. The zero-order valence-corrected chi connectivity index (χ0v) is 10.5. The minimum Gasteiger partial charge on any atom is -0.0648 e. The number of rotatable bonds is 2. The molecule has 0 nitrogen and oxygen atoms in total. The Morgan fingerprint density at radius 2 is 1.93 bits per heavy atom. The highest BCUT2D eigenvalue weighted by Crippen LogP contribution is 2.35. The van der Waals surface area contributed by atoms with Gasteiger partial charge in [-0.1, -0.05) is 65.3 Å². The van der Waals surface area contributed by atoms with Crippen LogP contribution in [0.15, 0.2) is 47.0 Å². The van der Waals surface area contributed by atoms with Gasteiger partial charge in [0.1, 0.15) is 0 Å². The lowest BCUT2D eigenvalue weighted by Crippen LogP contribution is -2.03. The van der Waals surface area contributed by atoms with Gasteiger partial charge in [0.2, 0.25) is 0 Å². The molecule has 15 heavy (non-hydrogen) atoms. The average molecular weight is 263 g/mol. The number of hydrogen-bond donors (Lipinski definition) is 0. The molecule has 0 aromatic heterocycles. The normalized spacial score (nSPS) is 20.8. The molecule has 78 valence electrons. The Bertz CT molecular complexity index is 387. The van der Waals surface area contributed by atoms with Crippen molar-refractivity contribution < 1.29 is 0 Å². The summed E-state index contributed by atoms with van der Waals surface area (Å²) in [6, 6.07) is 10.6. The monoisotopic (exact) mass is 262 g/mol. The molecule has 0 radical (unpaired) electrons. The fourth-order valence-electron chi connectivity index (χ4n) is 1.95. The zero-order chi connectivity index (χ0) is 10.7. The Labute approximate surface area is 99.8 Å². The second-order valence-corrected chi connectivity index (χ2v) is 4.83. The molecule has 1 aliphatic rings. The second kappa shape index (κ2) is 4.80. The molecule has 0 bridgehead atoms. The minimum atomic E-state index is 0.658. The first-order valence-electron chi connectivity index (χ1n) is 5.43. The fourth-order valence-corrected chi connectivity index (χ4v) is 2.57. The summed E-state index contributed by atoms with van der Waals surface area (Å²) in [5, 5.41) is 0. The van der Waals surface area contributed by atoms with Crippen LogP contribution in [0, 0.1) is 5.92 Å². The summed E-state index contributed by atoms with van der Waals surface area (Å²) in [6.45, 7) is 2.24. The summed E-state index contributed by atoms with van der Waals surface area (Å²) in [5.74, 6) is 0.658. The Balaban J connectivity index is 2.26. The van der Waals surface area contributed by atoms with Crippen LogP contribution in [-0.2, 0) is 0 Å². The van der Waals surface area contributed by atoms with E-state index in [-0.39, 0.29) is 0 Å². The average Bonchev–Trinajstić information content (AvgIpc) is 2.31. The lowest BCUT2D eigenvalue weighted by atomic mass is 9.88. The summed E-state index contributed by atoms with van der Waals surface area (Å²) in [7, 11) is 0. The molecule has 1 aromatic carbocycles. The third-order valence-electron chi connectivity index (χ3n) is 2.94. The molecule has 2 rings (SSSR count). The third kappa shape index (κ3) is 2.40. The van der Waals surface area contributed by atoms with E-state index in [9.17, 15) is 0 Å². The van der Waals surface area contributed by atoms with Gasteiger partial charge in [-0.3, -0.25) is 0 Å². The number of allylic oxidation sites excluding steroid dienone is 4. The molecule has 0 spiro atoms. The molecule has 1 aromatic rings. The van der Waals surface area contributed by atoms with E-state index >= 15 is 0 Å². The lowest BCUT2D eigenvalue weighted by Gasteiger charge is -2.20. The van der Waals surface area contributed by atoms with Crippen molar-refractivity contribution in [2.24, 2.45) is 5.92 Å². The van der Waals surface area contributed by atoms with Gasteiger partial charge in [0.25, 0.3) is 0 Å². The first-order chi connectivity index (χ1) is 7.31. The van der Waals surface area contributed by atoms with Gasteiger partial charge in [-0.25, -0.2) is 0 Å². The highest BCUT2D eigenvalue weighted by Gasteiger charge is 2.16. The molecular weight excluding hydrogens is 248 g/mol. The van der Waals surface area contributed by atoms with E-state index in [2.05, 4.69) is 65.3 Å². The van der Waals surface area contributed by atoms with Gasteiger partial charge in [0.05, 0.1) is 0 Å². The van der Waals surface area contributed by atoms with Crippen molar-refractivity contribution in [2.75, 3.05) is 0 Å². The maximum absolute atomic E-state index is 3.63. The molecule has 0 amide bonds. The van der Waals surface area contributed by atoms with Crippen molar-refractivity contribution in [2.45, 2.75) is 19.8 Å². The van der Waals surface area contributed by atoms with Crippen LogP contribution in [0.4, 0.5) is 0 Å². The van der Waals surface area contributed by atoms with Crippen LogP contribution < -0.4 is 0 Å². The highest BCUT2D eigenvalue weighted by atomic mass is 79.9. The molecule has 0 N–H and O–H groups in total. The van der Waals surface area contributed by atoms with E-state index in [4.69, 9.17) is 0 Å². The first-order valence-corrected chi connectivity index (χ1v) is 6.22. The summed E-state index contributed by atoms with van der Waals surface area (Å²) in [6.07, 6.45) is 6.77. The number of hydrogen-bond acceptors (Lipinski definition) is 0. The van der Waals surface area contributed by atoms with Gasteiger partial charge in [0, 0.05) is 0 Å². The van der Waals surface area contributed by atoms with Gasteiger partial charge in [-0.05, 0) is 34.4 Å². The Kier molecular flexibility index (Phi) is 3.42. The largest absolute Gasteiger partial charge is 0.0648 e. The predicted molar refractivity (Wildman–Crippen MR) is 69.8 cm³/mol. The van der Waals surface area contributed by atoms with Crippen molar-refractivity contribution in [1.29, 1.82) is 0 Å². The maximum atomic E-state index is 3.63. The van der Waals surface area contributed by atoms with E-state index in [1.165, 1.54) is 22.0 Å². The second-order valence-electron chi connectivity index (χ2n) is 3.92. The molecule has 1 heteroatoms. The summed E-state index contributed by atoms with van der Waals surface area (Å²) in [4.78, 5) is 0. The van der Waals surface area contributed by atoms with Gasteiger partial charge in [0.15, 0.2) is 0 Å². The standard InChI is InChI=1S/C14H15Br/c1-2-11-10-13(8-9-14(11)15)12-6-4-3-5-7-12/h3-9,11H,2,10H2,1H3. The first kappa shape index (κ1) is 10.7. The molecule has 1 atom stereocenters. The fraction of sp³-hybridized carbons (Fsp3) is 0.286. The molecule has 0 saturated heterocycles. The Hall–Kier alpha value is -0.820. The van der Waals surface area contributed by atoms with E-state index < -0.39 is 0 Å². The summed E-state index contributed by atoms with van der Waals surface area (Å²) < 4.78 is 1.34. The Morgan fingerprint density at radius 1 is 1.20 bits per heavy atom. The maximum Gasteiger partial charge on any atom is -0.00151 e. The molecule has 0 aliphatic heterocycles. The summed E-state index contributed by atoms with van der Waals surface area (Å²) >= 11 is 3.63. The smallest absolute Gasteiger partial charge is 0.00151 e. The van der Waals surface area contributed by atoms with Gasteiger partial charge < -0.3 is 0 Å². The van der Waals surface area contributed by atoms with Crippen molar-refractivity contribution in [3.8, 4) is 0 Å². The van der Waals surface area contributed by atoms with Crippen molar-refractivity contribution in [1.82, 2.24) is 0 Å². The molecule has 0 heterocycles. The molecule has 0 fully saturated rings. The van der Waals surface area contributed by atoms with Crippen LogP contribution in [-0.4, -0.2) is 0 Å². The molecular formula is C14H15Br. The van der Waals surface area contributed by atoms with E-state index in [0.717, 1.165) is 6.42 Å². The lowest BCUT2D eigenvalue weighted by molar-refractivity contribution is 0.634. The highest BCUT2D eigenvalue weighted by molar-refractivity contribution is 9.11. The number of halogens is 1. The molecule has 1 aliphatic carbocycles. The number of benzene rings is 1.